The maximum Gasteiger partial charge on any atom is 0.241 e. The number of nitrogens with zero attached hydrogens (tertiary/aromatic N) is 1. The molecule has 0 radical (unpaired) electrons. The van der Waals surface area contributed by atoms with E-state index in [1.54, 1.807) is 31.3 Å². The number of aryl methyl sites for hydroxylation is 1. The molecule has 0 unspecified atom stereocenters. The first-order valence-corrected chi connectivity index (χ1v) is 8.71. The lowest BCUT2D eigenvalue weighted by atomic mass is 10.2. The van der Waals surface area contributed by atoms with Crippen LogP contribution in [-0.4, -0.2) is 33.0 Å². The number of sulfonamides is 1. The van der Waals surface area contributed by atoms with E-state index in [4.69, 9.17) is 4.74 Å². The van der Waals surface area contributed by atoms with Crippen LogP contribution in [0.15, 0.2) is 47.5 Å². The fraction of sp³-hybridized carbons (Fsp3) is 0.250. The molecule has 2 aromatic rings. The van der Waals surface area contributed by atoms with Gasteiger partial charge in [0, 0.05) is 6.20 Å². The molecule has 24 heavy (non-hydrogen) atoms. The summed E-state index contributed by atoms with van der Waals surface area (Å²) in [5.74, 6) is 0.163. The minimum atomic E-state index is -3.77. The normalized spacial score (nSPS) is 11.1. The second-order valence-electron chi connectivity index (χ2n) is 5.05. The standard InChI is InChI=1S/C16H19N3O4S/c1-12-9-14(6-7-15(12)23-2)24(21,22)19-11-16(20)18-10-13-5-3-4-8-17-13/h3-9,19H,10-11H2,1-2H3,(H,18,20). The number of aromatic nitrogens is 1. The number of hydrogen-bond donors (Lipinski definition) is 2. The lowest BCUT2D eigenvalue weighted by Crippen LogP contribution is -2.36. The summed E-state index contributed by atoms with van der Waals surface area (Å²) in [6.07, 6.45) is 1.62. The molecule has 1 aromatic heterocycles. The fourth-order valence-electron chi connectivity index (χ4n) is 2.02. The number of pyridine rings is 1. The number of methoxy groups -OCH3 is 1. The summed E-state index contributed by atoms with van der Waals surface area (Å²) in [5, 5.41) is 2.60. The summed E-state index contributed by atoms with van der Waals surface area (Å²) in [6.45, 7) is 1.64. The third-order valence-corrected chi connectivity index (χ3v) is 4.69. The van der Waals surface area contributed by atoms with E-state index in [9.17, 15) is 13.2 Å². The molecule has 1 amide bonds. The Balaban J connectivity index is 1.92. The maximum absolute atomic E-state index is 12.2. The summed E-state index contributed by atoms with van der Waals surface area (Å²) >= 11 is 0. The zero-order valence-corrected chi connectivity index (χ0v) is 14.3. The van der Waals surface area contributed by atoms with E-state index in [-0.39, 0.29) is 18.0 Å². The quantitative estimate of drug-likeness (QED) is 0.777. The predicted molar refractivity (Wildman–Crippen MR) is 89.0 cm³/mol. The van der Waals surface area contributed by atoms with Crippen molar-refractivity contribution in [2.45, 2.75) is 18.4 Å². The van der Waals surface area contributed by atoms with Gasteiger partial charge in [0.2, 0.25) is 15.9 Å². The number of amides is 1. The van der Waals surface area contributed by atoms with Crippen LogP contribution in [-0.2, 0) is 21.4 Å². The number of carbonyl (C=O) groups excluding carboxylic acids is 1. The van der Waals surface area contributed by atoms with E-state index >= 15 is 0 Å². The maximum atomic E-state index is 12.2. The molecule has 0 spiro atoms. The monoisotopic (exact) mass is 349 g/mol. The van der Waals surface area contributed by atoms with Gasteiger partial charge in [0.25, 0.3) is 0 Å². The van der Waals surface area contributed by atoms with Crippen molar-refractivity contribution in [3.8, 4) is 5.75 Å². The zero-order valence-electron chi connectivity index (χ0n) is 13.4. The van der Waals surface area contributed by atoms with E-state index in [0.717, 1.165) is 0 Å². The predicted octanol–water partition coefficient (Wildman–Crippen LogP) is 0.993. The Morgan fingerprint density at radius 3 is 2.67 bits per heavy atom. The highest BCUT2D eigenvalue weighted by atomic mass is 32.2. The average molecular weight is 349 g/mol. The van der Waals surface area contributed by atoms with Gasteiger partial charge in [-0.25, -0.2) is 13.1 Å². The van der Waals surface area contributed by atoms with Crippen LogP contribution in [0.4, 0.5) is 0 Å². The van der Waals surface area contributed by atoms with E-state index in [2.05, 4.69) is 15.0 Å². The van der Waals surface area contributed by atoms with Crippen molar-refractivity contribution in [3.05, 3.63) is 53.9 Å². The average Bonchev–Trinajstić information content (AvgIpc) is 2.59. The Morgan fingerprint density at radius 2 is 2.04 bits per heavy atom. The largest absolute Gasteiger partial charge is 0.496 e. The van der Waals surface area contributed by atoms with Gasteiger partial charge >= 0.3 is 0 Å². The lowest BCUT2D eigenvalue weighted by molar-refractivity contribution is -0.120. The van der Waals surface area contributed by atoms with Crippen LogP contribution < -0.4 is 14.8 Å². The van der Waals surface area contributed by atoms with Gasteiger partial charge in [-0.05, 0) is 42.8 Å². The van der Waals surface area contributed by atoms with Crippen molar-refractivity contribution in [3.63, 3.8) is 0 Å². The molecule has 0 aliphatic carbocycles. The van der Waals surface area contributed by atoms with Crippen molar-refractivity contribution < 1.29 is 17.9 Å². The number of carbonyl (C=O) groups is 1. The molecule has 128 valence electrons. The number of hydrogen-bond acceptors (Lipinski definition) is 5. The minimum absolute atomic E-state index is 0.0818. The number of rotatable bonds is 7. The molecule has 2 N–H and O–H groups in total. The van der Waals surface area contributed by atoms with E-state index in [1.165, 1.54) is 19.2 Å². The van der Waals surface area contributed by atoms with Gasteiger partial charge in [-0.15, -0.1) is 0 Å². The Morgan fingerprint density at radius 1 is 1.25 bits per heavy atom. The first-order chi connectivity index (χ1) is 11.4. The molecule has 0 saturated heterocycles. The van der Waals surface area contributed by atoms with Gasteiger partial charge in [-0.1, -0.05) is 6.07 Å². The van der Waals surface area contributed by atoms with Gasteiger partial charge in [-0.2, -0.15) is 0 Å². The van der Waals surface area contributed by atoms with Crippen molar-refractivity contribution in [1.29, 1.82) is 0 Å². The molecule has 7 nitrogen and oxygen atoms in total. The number of nitrogens with one attached hydrogen (secondary N) is 2. The highest BCUT2D eigenvalue weighted by Gasteiger charge is 2.16. The summed E-state index contributed by atoms with van der Waals surface area (Å²) < 4.78 is 31.8. The molecule has 0 aliphatic rings. The van der Waals surface area contributed by atoms with Gasteiger partial charge in [0.15, 0.2) is 0 Å². The molecular weight excluding hydrogens is 330 g/mol. The molecule has 0 atom stereocenters. The van der Waals surface area contributed by atoms with Crippen molar-refractivity contribution in [2.75, 3.05) is 13.7 Å². The van der Waals surface area contributed by atoms with Crippen LogP contribution in [0.1, 0.15) is 11.3 Å². The lowest BCUT2D eigenvalue weighted by Gasteiger charge is -2.10. The molecule has 1 aromatic carbocycles. The third kappa shape index (κ3) is 4.77. The van der Waals surface area contributed by atoms with Crippen molar-refractivity contribution >= 4 is 15.9 Å². The summed E-state index contributed by atoms with van der Waals surface area (Å²) in [7, 11) is -2.25. The fourth-order valence-corrected chi connectivity index (χ4v) is 3.08. The Kier molecular flexibility index (Phi) is 5.88. The summed E-state index contributed by atoms with van der Waals surface area (Å²) in [5.41, 5.74) is 1.39. The van der Waals surface area contributed by atoms with Gasteiger partial charge in [0.05, 0.1) is 30.8 Å². The molecule has 0 aliphatic heterocycles. The summed E-state index contributed by atoms with van der Waals surface area (Å²) in [4.78, 5) is 15.9. The first kappa shape index (κ1) is 17.9. The Bertz CT molecular complexity index is 807. The molecular formula is C16H19N3O4S. The van der Waals surface area contributed by atoms with Crippen LogP contribution in [0.25, 0.3) is 0 Å². The van der Waals surface area contributed by atoms with Crippen LogP contribution >= 0.6 is 0 Å². The zero-order chi connectivity index (χ0) is 17.6. The third-order valence-electron chi connectivity index (χ3n) is 3.29. The number of benzene rings is 1. The van der Waals surface area contributed by atoms with E-state index < -0.39 is 15.9 Å². The van der Waals surface area contributed by atoms with Crippen LogP contribution in [0.3, 0.4) is 0 Å². The minimum Gasteiger partial charge on any atom is -0.496 e. The molecule has 0 saturated carbocycles. The van der Waals surface area contributed by atoms with Crippen LogP contribution in [0.2, 0.25) is 0 Å². The van der Waals surface area contributed by atoms with Gasteiger partial charge < -0.3 is 10.1 Å². The van der Waals surface area contributed by atoms with E-state index in [1.807, 2.05) is 6.07 Å². The molecule has 1 heterocycles. The molecule has 0 bridgehead atoms. The second-order valence-corrected chi connectivity index (χ2v) is 6.82. The second kappa shape index (κ2) is 7.89. The Labute approximate surface area is 141 Å². The van der Waals surface area contributed by atoms with Gasteiger partial charge in [0.1, 0.15) is 5.75 Å². The first-order valence-electron chi connectivity index (χ1n) is 7.23. The SMILES string of the molecule is COc1ccc(S(=O)(=O)NCC(=O)NCc2ccccn2)cc1C. The number of ether oxygens (including phenoxy) is 1. The smallest absolute Gasteiger partial charge is 0.241 e. The topological polar surface area (TPSA) is 97.4 Å². The van der Waals surface area contributed by atoms with E-state index in [0.29, 0.717) is 17.0 Å². The highest BCUT2D eigenvalue weighted by molar-refractivity contribution is 7.89. The molecule has 2 rings (SSSR count). The van der Waals surface area contributed by atoms with Crippen molar-refractivity contribution in [2.24, 2.45) is 0 Å². The molecule has 0 fully saturated rings. The molecule has 8 heteroatoms. The van der Waals surface area contributed by atoms with Crippen LogP contribution in [0, 0.1) is 6.92 Å². The summed E-state index contributed by atoms with van der Waals surface area (Å²) in [6, 6.07) is 9.85. The highest BCUT2D eigenvalue weighted by Crippen LogP contribution is 2.21. The Hall–Kier alpha value is -2.45. The van der Waals surface area contributed by atoms with Crippen molar-refractivity contribution in [1.82, 2.24) is 15.0 Å². The van der Waals surface area contributed by atoms with Crippen LogP contribution in [0.5, 0.6) is 5.75 Å². The van der Waals surface area contributed by atoms with Gasteiger partial charge in [-0.3, -0.25) is 9.78 Å².